The average Bonchev–Trinajstić information content (AvgIpc) is 3.40. The molecule has 0 aliphatic carbocycles. The molecule has 0 saturated carbocycles. The first-order chi connectivity index (χ1) is 37.6. The fraction of sp³-hybridized carbons (Fsp3) is 0.426. The summed E-state index contributed by atoms with van der Waals surface area (Å²) in [5, 5.41) is 9.22. The monoisotopic (exact) mass is 1090 g/mol. The molecule has 8 aromatic rings. The van der Waals surface area contributed by atoms with Crippen molar-refractivity contribution in [1.29, 1.82) is 0 Å². The Kier molecular flexibility index (Phi) is 33.8. The van der Waals surface area contributed by atoms with E-state index in [1.807, 2.05) is 110 Å². The van der Waals surface area contributed by atoms with Gasteiger partial charge in [0, 0.05) is 76.4 Å². The summed E-state index contributed by atoms with van der Waals surface area (Å²) >= 11 is 0. The van der Waals surface area contributed by atoms with Crippen LogP contribution < -0.4 is 5.56 Å². The Morgan fingerprint density at radius 3 is 1.26 bits per heavy atom. The number of nitrogens with one attached hydrogen (secondary N) is 1. The number of aromatic amines is 1. The van der Waals surface area contributed by atoms with Crippen LogP contribution in [0.25, 0.3) is 0 Å². The van der Waals surface area contributed by atoms with Crippen molar-refractivity contribution in [3.05, 3.63) is 230 Å². The number of nitrogens with zero attached hydrogens (tertiary/aromatic N) is 8. The van der Waals surface area contributed by atoms with Crippen LogP contribution in [0.1, 0.15) is 232 Å². The molecule has 0 saturated heterocycles. The van der Waals surface area contributed by atoms with Gasteiger partial charge in [-0.1, -0.05) is 141 Å². The maximum Gasteiger partial charge on any atom is 0.251 e. The molecule has 0 atom stereocenters. The minimum Gasteiger partial charge on any atom is -0.506 e. The second-order valence-electron chi connectivity index (χ2n) is 22.0. The van der Waals surface area contributed by atoms with Crippen LogP contribution >= 0.6 is 0 Å². The number of H-pyrrole nitrogens is 1. The molecule has 0 bridgehead atoms. The first-order valence-electron chi connectivity index (χ1n) is 28.1. The highest BCUT2D eigenvalue weighted by atomic mass is 19.1. The van der Waals surface area contributed by atoms with Crippen LogP contribution in [0.3, 0.4) is 0 Å². The summed E-state index contributed by atoms with van der Waals surface area (Å²) in [4.78, 5) is 46.5. The number of aromatic hydroxyl groups is 1. The highest BCUT2D eigenvalue weighted by molar-refractivity contribution is 5.27. The largest absolute Gasteiger partial charge is 0.506 e. The minimum atomic E-state index is -0.524. The van der Waals surface area contributed by atoms with Gasteiger partial charge in [-0.25, -0.2) is 4.98 Å². The van der Waals surface area contributed by atoms with Crippen LogP contribution in [0.2, 0.25) is 0 Å². The van der Waals surface area contributed by atoms with Crippen molar-refractivity contribution in [2.75, 3.05) is 0 Å². The highest BCUT2D eigenvalue weighted by Crippen LogP contribution is 2.21. The summed E-state index contributed by atoms with van der Waals surface area (Å²) in [5.74, 6) is 3.39. The fourth-order valence-electron chi connectivity index (χ4n) is 6.93. The van der Waals surface area contributed by atoms with E-state index in [1.165, 1.54) is 51.4 Å². The lowest BCUT2D eigenvalue weighted by atomic mass is 10.1. The number of hydrogen-bond donors (Lipinski definition) is 2. The third-order valence-corrected chi connectivity index (χ3v) is 11.7. The molecule has 0 aromatic carbocycles. The Labute approximate surface area is 481 Å². The summed E-state index contributed by atoms with van der Waals surface area (Å²) in [6.45, 7) is 43.8. The van der Waals surface area contributed by atoms with E-state index >= 15 is 0 Å². The molecule has 12 heteroatoms. The average molecular weight is 1090 g/mol. The third kappa shape index (κ3) is 29.6. The smallest absolute Gasteiger partial charge is 0.251 e. The van der Waals surface area contributed by atoms with Gasteiger partial charge in [0.1, 0.15) is 5.75 Å². The van der Waals surface area contributed by atoms with Crippen LogP contribution in [0.5, 0.6) is 5.75 Å². The van der Waals surface area contributed by atoms with Crippen molar-refractivity contribution in [1.82, 2.24) is 44.9 Å². The third-order valence-electron chi connectivity index (χ3n) is 11.7. The molecule has 0 amide bonds. The topological polar surface area (TPSA) is 156 Å². The Morgan fingerprint density at radius 1 is 0.412 bits per heavy atom. The van der Waals surface area contributed by atoms with Crippen molar-refractivity contribution in [2.45, 2.75) is 193 Å². The zero-order valence-electron chi connectivity index (χ0n) is 52.2. The van der Waals surface area contributed by atoms with Crippen molar-refractivity contribution >= 4 is 0 Å². The lowest BCUT2D eigenvalue weighted by Gasteiger charge is -2.05. The standard InChI is InChI=1S/5C9H13N.2C8H11NO.C7H9FN2/c1-7(2)9-6-8(3)4-5-10-9;1-7(2)9-5-4-8(3)6-10-9;1-7(2)9-8(3)5-4-6-10-9;2*1-7(2)9-6-4-5-8(3)10-9;1-6(2)8-7(10)4-3-5-9-8;1-6(2)7-4-3-5-9-8(7)10;1-5(2)6-3-10-7(8)4-9-6/h5*4-7H,1-3H3;3-6,10H,1-2H3;3-6H,1-2H3,(H,9,10);3-5H,1-2H3. The van der Waals surface area contributed by atoms with Gasteiger partial charge in [-0.2, -0.15) is 4.39 Å². The van der Waals surface area contributed by atoms with E-state index in [2.05, 4.69) is 183 Å². The molecule has 8 aromatic heterocycles. The molecule has 80 heavy (non-hydrogen) atoms. The van der Waals surface area contributed by atoms with Crippen LogP contribution in [0.4, 0.5) is 4.39 Å². The summed E-state index contributed by atoms with van der Waals surface area (Å²) in [7, 11) is 0. The van der Waals surface area contributed by atoms with E-state index in [4.69, 9.17) is 0 Å². The van der Waals surface area contributed by atoms with Crippen LogP contribution in [0.15, 0.2) is 145 Å². The summed E-state index contributed by atoms with van der Waals surface area (Å²) in [5.41, 5.74) is 14.4. The van der Waals surface area contributed by atoms with E-state index in [0.29, 0.717) is 47.3 Å². The number of halogens is 1. The zero-order chi connectivity index (χ0) is 60.5. The van der Waals surface area contributed by atoms with Crippen molar-refractivity contribution in [3.8, 4) is 5.75 Å². The van der Waals surface area contributed by atoms with Crippen molar-refractivity contribution in [2.24, 2.45) is 0 Å². The van der Waals surface area contributed by atoms with E-state index < -0.39 is 5.95 Å². The SMILES string of the molecule is CC(C)c1ccc[nH]c1=O.CC(C)c1cnc(F)cn1.CC(C)c1ncccc1O.Cc1ccc(C(C)C)nc1.Cc1cccc(C(C)C)n1.Cc1cccc(C(C)C)n1.Cc1cccnc1C(C)C.Cc1ccnc(C(C)C)c1. The molecular formula is C68H96FN9O2. The fourth-order valence-corrected chi connectivity index (χ4v) is 6.93. The normalized spacial score (nSPS) is 10.4. The van der Waals surface area contributed by atoms with Gasteiger partial charge in [0.2, 0.25) is 5.95 Å². The van der Waals surface area contributed by atoms with Crippen molar-refractivity contribution in [3.63, 3.8) is 0 Å². The lowest BCUT2D eigenvalue weighted by molar-refractivity contribution is 0.460. The second kappa shape index (κ2) is 38.3. The molecule has 432 valence electrons. The van der Waals surface area contributed by atoms with Gasteiger partial charge in [0.15, 0.2) is 0 Å². The molecule has 11 nitrogen and oxygen atoms in total. The second-order valence-corrected chi connectivity index (χ2v) is 22.0. The van der Waals surface area contributed by atoms with Gasteiger partial charge in [0.25, 0.3) is 5.56 Å². The van der Waals surface area contributed by atoms with Gasteiger partial charge in [-0.3, -0.25) is 39.7 Å². The molecular weight excluding hydrogens is 994 g/mol. The Morgan fingerprint density at radius 2 is 0.925 bits per heavy atom. The lowest BCUT2D eigenvalue weighted by Crippen LogP contribution is -2.11. The van der Waals surface area contributed by atoms with E-state index in [1.54, 1.807) is 24.5 Å². The van der Waals surface area contributed by atoms with Crippen LogP contribution in [-0.4, -0.2) is 50.0 Å². The van der Waals surface area contributed by atoms with E-state index in [-0.39, 0.29) is 11.3 Å². The molecule has 0 radical (unpaired) electrons. The van der Waals surface area contributed by atoms with Gasteiger partial charge >= 0.3 is 0 Å². The van der Waals surface area contributed by atoms with Crippen LogP contribution in [-0.2, 0) is 0 Å². The number of aromatic nitrogens is 9. The number of hydrogen-bond acceptors (Lipinski definition) is 10. The molecule has 0 fully saturated rings. The summed E-state index contributed by atoms with van der Waals surface area (Å²) in [6.07, 6.45) is 11.6. The first kappa shape index (κ1) is 70.7. The molecule has 2 N–H and O–H groups in total. The first-order valence-corrected chi connectivity index (χ1v) is 28.1. The molecule has 0 aliphatic rings. The predicted molar refractivity (Wildman–Crippen MR) is 333 cm³/mol. The Bertz CT molecular complexity index is 2750. The number of rotatable bonds is 8. The summed E-state index contributed by atoms with van der Waals surface area (Å²) in [6, 6.07) is 31.8. The molecule has 0 spiro atoms. The minimum absolute atomic E-state index is 0.0255. The molecule has 8 heterocycles. The van der Waals surface area contributed by atoms with Gasteiger partial charge < -0.3 is 10.1 Å². The molecule has 0 aliphatic heterocycles. The van der Waals surface area contributed by atoms with E-state index in [9.17, 15) is 14.3 Å². The zero-order valence-corrected chi connectivity index (χ0v) is 52.2. The van der Waals surface area contributed by atoms with Crippen LogP contribution in [0, 0.1) is 40.6 Å². The van der Waals surface area contributed by atoms with Crippen molar-refractivity contribution < 1.29 is 9.50 Å². The van der Waals surface area contributed by atoms with E-state index in [0.717, 1.165) is 34.5 Å². The number of aryl methyl sites for hydroxylation is 5. The summed E-state index contributed by atoms with van der Waals surface area (Å²) < 4.78 is 12.2. The van der Waals surface area contributed by atoms with Gasteiger partial charge in [-0.15, -0.1) is 0 Å². The van der Waals surface area contributed by atoms with Gasteiger partial charge in [-0.05, 0) is 165 Å². The Balaban J connectivity index is 0.000000457. The molecule has 8 rings (SSSR count). The maximum absolute atomic E-state index is 12.2. The maximum atomic E-state index is 12.2. The van der Waals surface area contributed by atoms with Gasteiger partial charge in [0.05, 0.1) is 23.8 Å². The molecule has 0 unspecified atom stereocenters. The Hall–Kier alpha value is -7.34. The quantitative estimate of drug-likeness (QED) is 0.150. The highest BCUT2D eigenvalue weighted by Gasteiger charge is 2.06. The predicted octanol–water partition coefficient (Wildman–Crippen LogP) is 17.7. The number of pyridine rings is 7.